The molecular formula is C20H11ClF3N3O3S. The van der Waals surface area contributed by atoms with Gasteiger partial charge in [-0.1, -0.05) is 11.6 Å². The number of benzene rings is 2. The summed E-state index contributed by atoms with van der Waals surface area (Å²) in [7, 11) is -4.33. The highest BCUT2D eigenvalue weighted by molar-refractivity contribution is 7.92. The monoisotopic (exact) mass is 465 g/mol. The predicted octanol–water partition coefficient (Wildman–Crippen LogP) is 4.67. The molecule has 2 aromatic heterocycles. The summed E-state index contributed by atoms with van der Waals surface area (Å²) in [4.78, 5) is 19.3. The smallest absolute Gasteiger partial charge is 0.261 e. The SMILES string of the molecule is O=C(c1c(F)ccc(NS(=O)(=O)c2ccc(F)cc2)c1F)c1c[nH]c2nccc(Cl)c12. The quantitative estimate of drug-likeness (QED) is 0.419. The summed E-state index contributed by atoms with van der Waals surface area (Å²) in [6.07, 6.45) is 2.60. The van der Waals surface area contributed by atoms with E-state index < -0.39 is 44.5 Å². The number of aromatic amines is 1. The van der Waals surface area contributed by atoms with Crippen LogP contribution in [0.25, 0.3) is 11.0 Å². The molecule has 0 unspecified atom stereocenters. The van der Waals surface area contributed by atoms with E-state index in [1.165, 1.54) is 18.5 Å². The Bertz CT molecular complexity index is 1440. The zero-order valence-corrected chi connectivity index (χ0v) is 16.9. The van der Waals surface area contributed by atoms with Crippen LogP contribution >= 0.6 is 11.6 Å². The second kappa shape index (κ2) is 7.71. The third-order valence-corrected chi connectivity index (χ3v) is 6.15. The topological polar surface area (TPSA) is 91.9 Å². The van der Waals surface area contributed by atoms with E-state index in [0.717, 1.165) is 36.4 Å². The molecule has 2 heterocycles. The van der Waals surface area contributed by atoms with Crippen LogP contribution < -0.4 is 4.72 Å². The maximum absolute atomic E-state index is 15.1. The fourth-order valence-corrected chi connectivity index (χ4v) is 4.29. The lowest BCUT2D eigenvalue weighted by atomic mass is 10.0. The molecule has 0 atom stereocenters. The van der Waals surface area contributed by atoms with E-state index in [0.29, 0.717) is 0 Å². The number of fused-ring (bicyclic) bond motifs is 1. The summed E-state index contributed by atoms with van der Waals surface area (Å²) in [5, 5.41) is 0.314. The van der Waals surface area contributed by atoms with Gasteiger partial charge in [-0.05, 0) is 42.5 Å². The molecule has 0 saturated heterocycles. The summed E-state index contributed by atoms with van der Waals surface area (Å²) >= 11 is 6.09. The average Bonchev–Trinajstić information content (AvgIpc) is 3.16. The van der Waals surface area contributed by atoms with Crippen LogP contribution in [-0.2, 0) is 10.0 Å². The van der Waals surface area contributed by atoms with Crippen LogP contribution in [0, 0.1) is 17.5 Å². The van der Waals surface area contributed by atoms with Gasteiger partial charge in [0.1, 0.15) is 17.3 Å². The Morgan fingerprint density at radius 2 is 1.74 bits per heavy atom. The van der Waals surface area contributed by atoms with Crippen molar-refractivity contribution >= 4 is 44.1 Å². The maximum atomic E-state index is 15.1. The van der Waals surface area contributed by atoms with Crippen LogP contribution in [-0.4, -0.2) is 24.2 Å². The zero-order chi connectivity index (χ0) is 22.3. The van der Waals surface area contributed by atoms with Crippen molar-refractivity contribution in [3.05, 3.63) is 88.5 Å². The number of rotatable bonds is 5. The first-order chi connectivity index (χ1) is 14.7. The van der Waals surface area contributed by atoms with Crippen molar-refractivity contribution in [3.63, 3.8) is 0 Å². The number of aromatic nitrogens is 2. The highest BCUT2D eigenvalue weighted by Crippen LogP contribution is 2.30. The van der Waals surface area contributed by atoms with Gasteiger partial charge in [0.15, 0.2) is 5.82 Å². The van der Waals surface area contributed by atoms with Gasteiger partial charge in [-0.2, -0.15) is 0 Å². The minimum absolute atomic E-state index is 0.135. The number of carbonyl (C=O) groups is 1. The minimum Gasteiger partial charge on any atom is -0.345 e. The van der Waals surface area contributed by atoms with E-state index in [1.807, 2.05) is 4.72 Å². The second-order valence-corrected chi connectivity index (χ2v) is 8.48. The van der Waals surface area contributed by atoms with Gasteiger partial charge in [0, 0.05) is 17.8 Å². The van der Waals surface area contributed by atoms with Crippen LogP contribution in [0.1, 0.15) is 15.9 Å². The number of nitrogens with one attached hydrogen (secondary N) is 2. The van der Waals surface area contributed by atoms with Gasteiger partial charge in [0.05, 0.1) is 26.7 Å². The number of pyridine rings is 1. The molecule has 0 saturated carbocycles. The highest BCUT2D eigenvalue weighted by atomic mass is 35.5. The molecule has 0 bridgehead atoms. The Labute approximate surface area is 178 Å². The lowest BCUT2D eigenvalue weighted by Crippen LogP contribution is -2.16. The lowest BCUT2D eigenvalue weighted by molar-refractivity contribution is 0.103. The number of halogens is 4. The molecule has 0 spiro atoms. The van der Waals surface area contributed by atoms with Crippen molar-refractivity contribution in [2.45, 2.75) is 4.90 Å². The first kappa shape index (κ1) is 20.9. The van der Waals surface area contributed by atoms with Crippen molar-refractivity contribution in [3.8, 4) is 0 Å². The summed E-state index contributed by atoms with van der Waals surface area (Å²) < 4.78 is 69.5. The largest absolute Gasteiger partial charge is 0.345 e. The van der Waals surface area contributed by atoms with Crippen LogP contribution in [0.3, 0.4) is 0 Å². The number of sulfonamides is 1. The molecule has 31 heavy (non-hydrogen) atoms. The van der Waals surface area contributed by atoms with Gasteiger partial charge in [-0.3, -0.25) is 9.52 Å². The Morgan fingerprint density at radius 3 is 2.45 bits per heavy atom. The lowest BCUT2D eigenvalue weighted by Gasteiger charge is -2.12. The van der Waals surface area contributed by atoms with Crippen LogP contribution in [0.5, 0.6) is 0 Å². The molecule has 6 nitrogen and oxygen atoms in total. The Balaban J connectivity index is 1.77. The third kappa shape index (κ3) is 3.75. The molecule has 0 aliphatic carbocycles. The number of anilines is 1. The van der Waals surface area contributed by atoms with Crippen molar-refractivity contribution in [1.29, 1.82) is 0 Å². The number of carbonyl (C=O) groups excluding carboxylic acids is 1. The standard InChI is InChI=1S/C20H11ClF3N3O3S/c21-13-7-8-25-20-16(13)12(9-26-20)19(28)17-14(23)5-6-15(18(17)24)27-31(29,30)11-3-1-10(22)2-4-11/h1-9,27H,(H,25,26). The first-order valence-corrected chi connectivity index (χ1v) is 10.5. The van der Waals surface area contributed by atoms with E-state index >= 15 is 4.39 Å². The molecular weight excluding hydrogens is 455 g/mol. The van der Waals surface area contributed by atoms with E-state index in [4.69, 9.17) is 11.6 Å². The molecule has 2 N–H and O–H groups in total. The van der Waals surface area contributed by atoms with E-state index in [-0.39, 0.29) is 26.5 Å². The molecule has 0 radical (unpaired) electrons. The fourth-order valence-electron chi connectivity index (χ4n) is 2.99. The molecule has 2 aromatic carbocycles. The normalized spacial score (nSPS) is 11.6. The molecule has 4 aromatic rings. The first-order valence-electron chi connectivity index (χ1n) is 8.61. The van der Waals surface area contributed by atoms with E-state index in [9.17, 15) is 22.0 Å². The molecule has 0 fully saturated rings. The molecule has 158 valence electrons. The maximum Gasteiger partial charge on any atom is 0.261 e. The molecule has 0 aliphatic rings. The summed E-state index contributed by atoms with van der Waals surface area (Å²) in [5.74, 6) is -4.32. The van der Waals surface area contributed by atoms with E-state index in [2.05, 4.69) is 9.97 Å². The van der Waals surface area contributed by atoms with Crippen LogP contribution in [0.2, 0.25) is 5.02 Å². The molecule has 0 aliphatic heterocycles. The minimum atomic E-state index is -4.33. The van der Waals surface area contributed by atoms with Gasteiger partial charge in [0.25, 0.3) is 10.0 Å². The average molecular weight is 466 g/mol. The van der Waals surface area contributed by atoms with Crippen LogP contribution in [0.15, 0.2) is 59.8 Å². The van der Waals surface area contributed by atoms with Gasteiger partial charge in [-0.25, -0.2) is 26.6 Å². The van der Waals surface area contributed by atoms with Crippen molar-refractivity contribution in [2.75, 3.05) is 4.72 Å². The Morgan fingerprint density at radius 1 is 1.03 bits per heavy atom. The number of hydrogen-bond donors (Lipinski definition) is 2. The zero-order valence-electron chi connectivity index (χ0n) is 15.3. The summed E-state index contributed by atoms with van der Waals surface area (Å²) in [6, 6.07) is 6.80. The van der Waals surface area contributed by atoms with Gasteiger partial charge >= 0.3 is 0 Å². The molecule has 4 rings (SSSR count). The Kier molecular flexibility index (Phi) is 5.19. The predicted molar refractivity (Wildman–Crippen MR) is 108 cm³/mol. The number of ketones is 1. The summed E-state index contributed by atoms with van der Waals surface area (Å²) in [6.45, 7) is 0. The third-order valence-electron chi connectivity index (χ3n) is 4.45. The van der Waals surface area contributed by atoms with Crippen LogP contribution in [0.4, 0.5) is 18.9 Å². The Hall–Kier alpha value is -3.37. The molecule has 11 heteroatoms. The van der Waals surface area contributed by atoms with Crippen molar-refractivity contribution in [2.24, 2.45) is 0 Å². The summed E-state index contributed by atoms with van der Waals surface area (Å²) in [5.41, 5.74) is -1.52. The van der Waals surface area contributed by atoms with Crippen molar-refractivity contribution < 1.29 is 26.4 Å². The van der Waals surface area contributed by atoms with Gasteiger partial charge < -0.3 is 4.98 Å². The molecule has 0 amide bonds. The number of hydrogen-bond acceptors (Lipinski definition) is 4. The number of H-pyrrole nitrogens is 1. The van der Waals surface area contributed by atoms with Crippen molar-refractivity contribution in [1.82, 2.24) is 9.97 Å². The van der Waals surface area contributed by atoms with Gasteiger partial charge in [0.2, 0.25) is 5.78 Å². The van der Waals surface area contributed by atoms with Gasteiger partial charge in [-0.15, -0.1) is 0 Å². The fraction of sp³-hybridized carbons (Fsp3) is 0. The highest BCUT2D eigenvalue weighted by Gasteiger charge is 2.27. The number of nitrogens with zero attached hydrogens (tertiary/aromatic N) is 1. The second-order valence-electron chi connectivity index (χ2n) is 6.39. The van der Waals surface area contributed by atoms with E-state index in [1.54, 1.807) is 0 Å².